The molecule has 1 aliphatic rings. The van der Waals surface area contributed by atoms with Crippen molar-refractivity contribution in [2.75, 3.05) is 13.1 Å². The summed E-state index contributed by atoms with van der Waals surface area (Å²) in [5, 5.41) is 10.4. The molecule has 3 aromatic rings. The molecule has 2 aromatic carbocycles. The first kappa shape index (κ1) is 18.9. The number of aromatic amines is 1. The van der Waals surface area contributed by atoms with Crippen molar-refractivity contribution in [1.29, 1.82) is 0 Å². The van der Waals surface area contributed by atoms with Crippen molar-refractivity contribution in [3.8, 4) is 22.6 Å². The zero-order valence-corrected chi connectivity index (χ0v) is 16.2. The number of piperidine rings is 1. The Hall–Kier alpha value is -2.47. The number of nitrogens with one attached hydrogen (secondary N) is 1. The molecule has 1 fully saturated rings. The predicted octanol–water partition coefficient (Wildman–Crippen LogP) is 3.71. The third-order valence-electron chi connectivity index (χ3n) is 5.01. The molecule has 5 nitrogen and oxygen atoms in total. The highest BCUT2D eigenvalue weighted by atomic mass is 35.5. The van der Waals surface area contributed by atoms with Crippen molar-refractivity contribution in [2.24, 2.45) is 0 Å². The van der Waals surface area contributed by atoms with Gasteiger partial charge in [0.2, 0.25) is 0 Å². The van der Waals surface area contributed by atoms with Crippen LogP contribution in [0.3, 0.4) is 0 Å². The number of likely N-dealkylation sites (tertiary alicyclic amines) is 1. The zero-order chi connectivity index (χ0) is 19.5. The Morgan fingerprint density at radius 1 is 1.18 bits per heavy atom. The van der Waals surface area contributed by atoms with Gasteiger partial charge in [0.25, 0.3) is 5.56 Å². The summed E-state index contributed by atoms with van der Waals surface area (Å²) >= 11 is 6.26. The quantitative estimate of drug-likeness (QED) is 0.706. The number of rotatable bonds is 4. The number of hydrogen-bond acceptors (Lipinski definition) is 4. The lowest BCUT2D eigenvalue weighted by atomic mass is 10.1. The number of aliphatic hydroxyl groups excluding tert-OH is 1. The van der Waals surface area contributed by atoms with Crippen molar-refractivity contribution in [1.82, 2.24) is 14.9 Å². The molecular weight excluding hydrogens is 374 g/mol. The molecule has 144 valence electrons. The fourth-order valence-corrected chi connectivity index (χ4v) is 3.83. The largest absolute Gasteiger partial charge is 0.392 e. The highest BCUT2D eigenvalue weighted by Crippen LogP contribution is 2.26. The molecule has 1 saturated heterocycles. The molecule has 2 N–H and O–H groups in total. The molecule has 0 radical (unpaired) electrons. The highest BCUT2D eigenvalue weighted by Gasteiger charge is 2.17. The van der Waals surface area contributed by atoms with Crippen LogP contribution in [0, 0.1) is 0 Å². The first-order valence-corrected chi connectivity index (χ1v) is 9.82. The molecule has 28 heavy (non-hydrogen) atoms. The van der Waals surface area contributed by atoms with E-state index in [4.69, 9.17) is 11.6 Å². The number of hydrogen-bond donors (Lipinski definition) is 2. The molecule has 0 spiro atoms. The average molecular weight is 396 g/mol. The minimum Gasteiger partial charge on any atom is -0.392 e. The van der Waals surface area contributed by atoms with Crippen LogP contribution in [0.5, 0.6) is 0 Å². The molecular formula is C22H22ClN3O2. The maximum absolute atomic E-state index is 12.2. The fourth-order valence-electron chi connectivity index (χ4n) is 3.60. The molecule has 6 heteroatoms. The van der Waals surface area contributed by atoms with Gasteiger partial charge in [-0.15, -0.1) is 0 Å². The van der Waals surface area contributed by atoms with E-state index in [0.29, 0.717) is 16.5 Å². The molecule has 0 unspecified atom stereocenters. The fraction of sp³-hybridized carbons (Fsp3) is 0.273. The van der Waals surface area contributed by atoms with E-state index in [1.807, 2.05) is 42.5 Å². The Bertz CT molecular complexity index is 1020. The first-order valence-electron chi connectivity index (χ1n) is 9.44. The minimum atomic E-state index is -0.227. The lowest BCUT2D eigenvalue weighted by Gasteiger charge is -2.29. The second kappa shape index (κ2) is 8.27. The van der Waals surface area contributed by atoms with Crippen LogP contribution in [0.2, 0.25) is 5.02 Å². The van der Waals surface area contributed by atoms with E-state index < -0.39 is 0 Å². The van der Waals surface area contributed by atoms with Gasteiger partial charge in [0.1, 0.15) is 5.82 Å². The topological polar surface area (TPSA) is 69.2 Å². The maximum atomic E-state index is 12.2. The molecule has 1 aromatic heterocycles. The van der Waals surface area contributed by atoms with Gasteiger partial charge in [-0.3, -0.25) is 9.69 Å². The number of aromatic nitrogens is 2. The summed E-state index contributed by atoms with van der Waals surface area (Å²) in [7, 11) is 0. The molecule has 0 amide bonds. The van der Waals surface area contributed by atoms with Crippen molar-refractivity contribution in [3.63, 3.8) is 0 Å². The Kier molecular flexibility index (Phi) is 5.57. The van der Waals surface area contributed by atoms with Gasteiger partial charge < -0.3 is 10.1 Å². The monoisotopic (exact) mass is 395 g/mol. The van der Waals surface area contributed by atoms with E-state index in [1.165, 1.54) is 11.6 Å². The lowest BCUT2D eigenvalue weighted by Crippen LogP contribution is -2.37. The molecule has 2 heterocycles. The van der Waals surface area contributed by atoms with Crippen LogP contribution in [0.4, 0.5) is 0 Å². The maximum Gasteiger partial charge on any atom is 0.251 e. The third kappa shape index (κ3) is 4.33. The molecule has 4 rings (SSSR count). The lowest BCUT2D eigenvalue weighted by molar-refractivity contribution is 0.0668. The van der Waals surface area contributed by atoms with E-state index >= 15 is 0 Å². The third-order valence-corrected chi connectivity index (χ3v) is 5.34. The van der Waals surface area contributed by atoms with Crippen LogP contribution in [-0.2, 0) is 6.54 Å². The normalized spacial score (nSPS) is 17.6. The Balaban J connectivity index is 1.57. The average Bonchev–Trinajstić information content (AvgIpc) is 2.68. The molecule has 0 bridgehead atoms. The van der Waals surface area contributed by atoms with Crippen LogP contribution in [0.25, 0.3) is 22.6 Å². The molecule has 0 saturated carbocycles. The molecule has 1 atom stereocenters. The van der Waals surface area contributed by atoms with Crippen molar-refractivity contribution in [2.45, 2.75) is 25.5 Å². The summed E-state index contributed by atoms with van der Waals surface area (Å²) in [6.07, 6.45) is 1.69. The van der Waals surface area contributed by atoms with Crippen LogP contribution in [-0.4, -0.2) is 39.2 Å². The highest BCUT2D eigenvalue weighted by molar-refractivity contribution is 6.33. The second-order valence-electron chi connectivity index (χ2n) is 7.19. The Labute approximate surface area is 168 Å². The summed E-state index contributed by atoms with van der Waals surface area (Å²) in [6.45, 7) is 2.53. The summed E-state index contributed by atoms with van der Waals surface area (Å²) < 4.78 is 0. The van der Waals surface area contributed by atoms with Gasteiger partial charge >= 0.3 is 0 Å². The standard InChI is InChI=1S/C22H22ClN3O2/c23-19-6-2-1-5-18(19)20-12-21(28)25-22(24-20)16-9-7-15(8-10-16)13-26-11-3-4-17(27)14-26/h1-2,5-10,12,17,27H,3-4,11,13-14H2,(H,24,25,28)/t17-/m1/s1. The summed E-state index contributed by atoms with van der Waals surface area (Å²) in [6, 6.07) is 16.8. The number of nitrogens with zero attached hydrogens (tertiary/aromatic N) is 2. The smallest absolute Gasteiger partial charge is 0.251 e. The van der Waals surface area contributed by atoms with Crippen LogP contribution >= 0.6 is 11.6 Å². The van der Waals surface area contributed by atoms with Crippen molar-refractivity contribution in [3.05, 3.63) is 75.5 Å². The Morgan fingerprint density at radius 3 is 2.71 bits per heavy atom. The molecule has 1 aliphatic heterocycles. The summed E-state index contributed by atoms with van der Waals surface area (Å²) in [5.41, 5.74) is 3.08. The summed E-state index contributed by atoms with van der Waals surface area (Å²) in [5.74, 6) is 0.516. The molecule has 0 aliphatic carbocycles. The van der Waals surface area contributed by atoms with Gasteiger partial charge in [-0.25, -0.2) is 4.98 Å². The van der Waals surface area contributed by atoms with Gasteiger partial charge in [-0.2, -0.15) is 0 Å². The van der Waals surface area contributed by atoms with Crippen LogP contribution in [0.15, 0.2) is 59.4 Å². The van der Waals surface area contributed by atoms with Gasteiger partial charge in [0.15, 0.2) is 0 Å². The van der Waals surface area contributed by atoms with E-state index in [2.05, 4.69) is 14.9 Å². The van der Waals surface area contributed by atoms with Gasteiger partial charge in [0.05, 0.1) is 11.8 Å². The first-order chi connectivity index (χ1) is 13.6. The zero-order valence-electron chi connectivity index (χ0n) is 15.4. The summed E-state index contributed by atoms with van der Waals surface area (Å²) in [4.78, 5) is 21.8. The number of β-amino-alcohol motifs (C(OH)–C–C–N with tert-alkyl or cyclic N) is 1. The number of benzene rings is 2. The van der Waals surface area contributed by atoms with Crippen LogP contribution < -0.4 is 5.56 Å². The number of halogens is 1. The van der Waals surface area contributed by atoms with Crippen molar-refractivity contribution < 1.29 is 5.11 Å². The van der Waals surface area contributed by atoms with Gasteiger partial charge in [0, 0.05) is 35.3 Å². The van der Waals surface area contributed by atoms with Crippen LogP contribution in [0.1, 0.15) is 18.4 Å². The predicted molar refractivity (Wildman–Crippen MR) is 111 cm³/mol. The van der Waals surface area contributed by atoms with Crippen molar-refractivity contribution >= 4 is 11.6 Å². The SMILES string of the molecule is O=c1cc(-c2ccccc2Cl)nc(-c2ccc(CN3CCC[C@@H](O)C3)cc2)[nH]1. The minimum absolute atomic E-state index is 0.216. The van der Waals surface area contributed by atoms with Gasteiger partial charge in [-0.05, 0) is 31.0 Å². The van der Waals surface area contributed by atoms with E-state index in [0.717, 1.165) is 43.6 Å². The van der Waals surface area contributed by atoms with E-state index in [-0.39, 0.29) is 11.7 Å². The van der Waals surface area contributed by atoms with E-state index in [9.17, 15) is 9.90 Å². The number of H-pyrrole nitrogens is 1. The van der Waals surface area contributed by atoms with E-state index in [1.54, 1.807) is 6.07 Å². The Morgan fingerprint density at radius 2 is 1.96 bits per heavy atom. The van der Waals surface area contributed by atoms with Gasteiger partial charge in [-0.1, -0.05) is 54.1 Å². The second-order valence-corrected chi connectivity index (χ2v) is 7.59. The number of aliphatic hydroxyl groups is 1.